The summed E-state index contributed by atoms with van der Waals surface area (Å²) in [5.74, 6) is 0.372. The molecule has 0 bridgehead atoms. The van der Waals surface area contributed by atoms with Gasteiger partial charge in [0.15, 0.2) is 0 Å². The number of aliphatic hydroxyl groups excluding tert-OH is 1. The van der Waals surface area contributed by atoms with Gasteiger partial charge in [0, 0.05) is 32.4 Å². The molecule has 17 heavy (non-hydrogen) atoms. The van der Waals surface area contributed by atoms with E-state index in [9.17, 15) is 5.11 Å². The fraction of sp³-hybridized carbons (Fsp3) is 0.750. The van der Waals surface area contributed by atoms with Crippen LogP contribution in [0.1, 0.15) is 31.0 Å². The number of hydrogen-bond acceptors (Lipinski definition) is 4. The third-order valence-electron chi connectivity index (χ3n) is 3.76. The van der Waals surface area contributed by atoms with E-state index in [1.807, 2.05) is 17.8 Å². The normalized spacial score (nSPS) is 26.3. The minimum atomic E-state index is 0.125. The van der Waals surface area contributed by atoms with Crippen LogP contribution in [0.5, 0.6) is 0 Å². The summed E-state index contributed by atoms with van der Waals surface area (Å²) in [6, 6.07) is 0.503. The van der Waals surface area contributed by atoms with Crippen molar-refractivity contribution in [1.29, 1.82) is 0 Å². The summed E-state index contributed by atoms with van der Waals surface area (Å²) in [6.45, 7) is 0.814. The number of nitrogens with two attached hydrogens (primary N) is 1. The fourth-order valence-corrected chi connectivity index (χ4v) is 2.71. The fourth-order valence-electron chi connectivity index (χ4n) is 2.71. The van der Waals surface area contributed by atoms with E-state index >= 15 is 0 Å². The van der Waals surface area contributed by atoms with Crippen molar-refractivity contribution < 1.29 is 5.11 Å². The predicted octanol–water partition coefficient (Wildman–Crippen LogP) is 0.171. The van der Waals surface area contributed by atoms with E-state index in [1.165, 1.54) is 6.42 Å². The van der Waals surface area contributed by atoms with Gasteiger partial charge in [0.05, 0.1) is 18.1 Å². The van der Waals surface area contributed by atoms with Crippen molar-refractivity contribution >= 4 is 0 Å². The first-order valence-electron chi connectivity index (χ1n) is 6.29. The van der Waals surface area contributed by atoms with Crippen molar-refractivity contribution in [2.75, 3.05) is 13.2 Å². The summed E-state index contributed by atoms with van der Waals surface area (Å²) in [6.07, 6.45) is 7.06. The molecule has 1 aromatic heterocycles. The Balaban J connectivity index is 2.03. The smallest absolute Gasteiger partial charge is 0.0946 e. The van der Waals surface area contributed by atoms with Gasteiger partial charge in [-0.2, -0.15) is 0 Å². The van der Waals surface area contributed by atoms with E-state index in [0.717, 1.165) is 18.5 Å². The second-order valence-corrected chi connectivity index (χ2v) is 4.86. The summed E-state index contributed by atoms with van der Waals surface area (Å²) in [7, 11) is 1.98. The zero-order valence-electron chi connectivity index (χ0n) is 10.3. The topological polar surface area (TPSA) is 76.1 Å². The Morgan fingerprint density at radius 1 is 1.65 bits per heavy atom. The molecule has 0 saturated heterocycles. The van der Waals surface area contributed by atoms with Crippen LogP contribution in [0.4, 0.5) is 0 Å². The quantitative estimate of drug-likeness (QED) is 0.683. The van der Waals surface area contributed by atoms with E-state index in [4.69, 9.17) is 5.73 Å². The first-order chi connectivity index (χ1) is 8.26. The Labute approximate surface area is 102 Å². The molecule has 1 saturated carbocycles. The Bertz CT molecular complexity index is 352. The number of hydrogen-bond donors (Lipinski definition) is 3. The van der Waals surface area contributed by atoms with Crippen LogP contribution in [0.25, 0.3) is 0 Å². The van der Waals surface area contributed by atoms with Gasteiger partial charge < -0.3 is 20.7 Å². The van der Waals surface area contributed by atoms with Crippen molar-refractivity contribution in [3.05, 3.63) is 18.2 Å². The van der Waals surface area contributed by atoms with Crippen LogP contribution < -0.4 is 11.1 Å². The number of aliphatic hydroxyl groups is 1. The van der Waals surface area contributed by atoms with Crippen molar-refractivity contribution in [1.82, 2.24) is 14.9 Å². The first-order valence-corrected chi connectivity index (χ1v) is 6.29. The predicted molar refractivity (Wildman–Crippen MR) is 66.4 cm³/mol. The Morgan fingerprint density at radius 2 is 2.47 bits per heavy atom. The number of aromatic nitrogens is 2. The minimum Gasteiger partial charge on any atom is -0.396 e. The zero-order valence-corrected chi connectivity index (χ0v) is 10.3. The third kappa shape index (κ3) is 2.68. The second kappa shape index (κ2) is 5.62. The largest absolute Gasteiger partial charge is 0.396 e. The average molecular weight is 238 g/mol. The monoisotopic (exact) mass is 238 g/mol. The van der Waals surface area contributed by atoms with E-state index in [-0.39, 0.29) is 12.6 Å². The second-order valence-electron chi connectivity index (χ2n) is 4.86. The molecule has 1 aromatic rings. The van der Waals surface area contributed by atoms with Crippen molar-refractivity contribution in [2.45, 2.75) is 31.3 Å². The number of imidazole rings is 1. The molecule has 0 spiro atoms. The van der Waals surface area contributed by atoms with Gasteiger partial charge in [-0.15, -0.1) is 0 Å². The molecule has 1 fully saturated rings. The lowest BCUT2D eigenvalue weighted by atomic mass is 10.0. The number of nitrogens with one attached hydrogen (secondary N) is 1. The molecule has 1 aliphatic carbocycles. The first kappa shape index (κ1) is 12.5. The van der Waals surface area contributed by atoms with Crippen LogP contribution in [-0.2, 0) is 7.05 Å². The summed E-state index contributed by atoms with van der Waals surface area (Å²) in [5.41, 5.74) is 6.94. The number of nitrogens with zero attached hydrogens (tertiary/aromatic N) is 2. The summed E-state index contributed by atoms with van der Waals surface area (Å²) in [5, 5.41) is 12.9. The van der Waals surface area contributed by atoms with E-state index in [1.54, 1.807) is 6.33 Å². The molecule has 1 aliphatic rings. The van der Waals surface area contributed by atoms with Gasteiger partial charge in [-0.05, 0) is 18.8 Å². The maximum Gasteiger partial charge on any atom is 0.0946 e. The summed E-state index contributed by atoms with van der Waals surface area (Å²) < 4.78 is 1.99. The van der Waals surface area contributed by atoms with Crippen LogP contribution in [-0.4, -0.2) is 33.9 Å². The number of aryl methyl sites for hydroxylation is 1. The van der Waals surface area contributed by atoms with Crippen molar-refractivity contribution in [2.24, 2.45) is 18.7 Å². The van der Waals surface area contributed by atoms with Gasteiger partial charge in [0.25, 0.3) is 0 Å². The molecular weight excluding hydrogens is 216 g/mol. The number of rotatable bonds is 5. The molecule has 1 heterocycles. The highest BCUT2D eigenvalue weighted by Crippen LogP contribution is 2.27. The van der Waals surface area contributed by atoms with Crippen molar-refractivity contribution in [3.63, 3.8) is 0 Å². The molecule has 0 radical (unpaired) electrons. The molecule has 3 atom stereocenters. The molecule has 0 aliphatic heterocycles. The molecule has 3 unspecified atom stereocenters. The van der Waals surface area contributed by atoms with Gasteiger partial charge in [-0.3, -0.25) is 0 Å². The van der Waals surface area contributed by atoms with E-state index in [0.29, 0.717) is 18.5 Å². The highest BCUT2D eigenvalue weighted by atomic mass is 16.3. The minimum absolute atomic E-state index is 0.125. The Hall–Kier alpha value is -0.910. The zero-order chi connectivity index (χ0) is 12.3. The summed E-state index contributed by atoms with van der Waals surface area (Å²) >= 11 is 0. The highest BCUT2D eigenvalue weighted by Gasteiger charge is 2.29. The standard InChI is InChI=1S/C12H22N4O/c1-16-8-14-6-12(16)11(5-13)15-10-4-2-3-9(10)7-17/h6,8-11,15,17H,2-5,7,13H2,1H3. The van der Waals surface area contributed by atoms with Crippen LogP contribution in [0, 0.1) is 5.92 Å². The molecule has 5 nitrogen and oxygen atoms in total. The highest BCUT2D eigenvalue weighted by molar-refractivity contribution is 5.06. The van der Waals surface area contributed by atoms with Gasteiger partial charge >= 0.3 is 0 Å². The molecular formula is C12H22N4O. The third-order valence-corrected chi connectivity index (χ3v) is 3.76. The van der Waals surface area contributed by atoms with E-state index in [2.05, 4.69) is 10.3 Å². The lowest BCUT2D eigenvalue weighted by Gasteiger charge is -2.25. The molecule has 5 heteroatoms. The average Bonchev–Trinajstić information content (AvgIpc) is 2.94. The molecule has 96 valence electrons. The van der Waals surface area contributed by atoms with Crippen LogP contribution >= 0.6 is 0 Å². The van der Waals surface area contributed by atoms with Gasteiger partial charge in [0.2, 0.25) is 0 Å². The molecule has 0 amide bonds. The maximum absolute atomic E-state index is 9.32. The van der Waals surface area contributed by atoms with Gasteiger partial charge in [0.1, 0.15) is 0 Å². The van der Waals surface area contributed by atoms with E-state index < -0.39 is 0 Å². The van der Waals surface area contributed by atoms with Crippen molar-refractivity contribution in [3.8, 4) is 0 Å². The van der Waals surface area contributed by atoms with Gasteiger partial charge in [-0.1, -0.05) is 6.42 Å². The Morgan fingerprint density at radius 3 is 3.06 bits per heavy atom. The Kier molecular flexibility index (Phi) is 4.15. The van der Waals surface area contributed by atoms with Crippen LogP contribution in [0.3, 0.4) is 0 Å². The SMILES string of the molecule is Cn1cncc1C(CN)NC1CCCC1CO. The van der Waals surface area contributed by atoms with Gasteiger partial charge in [-0.25, -0.2) is 4.98 Å². The van der Waals surface area contributed by atoms with Crippen LogP contribution in [0.15, 0.2) is 12.5 Å². The molecule has 0 aromatic carbocycles. The molecule has 4 N–H and O–H groups in total. The lowest BCUT2D eigenvalue weighted by molar-refractivity contribution is 0.199. The lowest BCUT2D eigenvalue weighted by Crippen LogP contribution is -2.40. The van der Waals surface area contributed by atoms with Crippen LogP contribution in [0.2, 0.25) is 0 Å². The molecule has 2 rings (SSSR count). The maximum atomic E-state index is 9.32. The summed E-state index contributed by atoms with van der Waals surface area (Å²) in [4.78, 5) is 4.12.